The molecule has 2 heterocycles. The fourth-order valence-corrected chi connectivity index (χ4v) is 3.75. The van der Waals surface area contributed by atoms with Gasteiger partial charge >= 0.3 is 0 Å². The lowest BCUT2D eigenvalue weighted by Gasteiger charge is -2.17. The van der Waals surface area contributed by atoms with E-state index in [-0.39, 0.29) is 5.56 Å². The van der Waals surface area contributed by atoms with Gasteiger partial charge in [-0.25, -0.2) is 4.98 Å². The van der Waals surface area contributed by atoms with E-state index in [9.17, 15) is 4.79 Å². The largest absolute Gasteiger partial charge is 0.358 e. The van der Waals surface area contributed by atoms with Gasteiger partial charge in [-0.05, 0) is 25.0 Å². The Kier molecular flexibility index (Phi) is 4.26. The van der Waals surface area contributed by atoms with Crippen molar-refractivity contribution in [1.29, 1.82) is 0 Å². The van der Waals surface area contributed by atoms with Crippen molar-refractivity contribution >= 4 is 39.2 Å². The summed E-state index contributed by atoms with van der Waals surface area (Å²) in [5.41, 5.74) is 0.756. The molecule has 1 aromatic carbocycles. The van der Waals surface area contributed by atoms with Gasteiger partial charge < -0.3 is 4.90 Å². The Morgan fingerprint density at radius 3 is 2.81 bits per heavy atom. The van der Waals surface area contributed by atoms with Crippen LogP contribution in [-0.2, 0) is 12.8 Å². The molecule has 1 aliphatic rings. The Balaban J connectivity index is 1.82. The van der Waals surface area contributed by atoms with Gasteiger partial charge in [0, 0.05) is 20.1 Å². The Bertz CT molecular complexity index is 735. The minimum atomic E-state index is 0.00305. The molecule has 0 atom stereocenters. The summed E-state index contributed by atoms with van der Waals surface area (Å²) in [7, 11) is 1.77. The zero-order valence-corrected chi connectivity index (χ0v) is 13.5. The monoisotopic (exact) mass is 319 g/mol. The summed E-state index contributed by atoms with van der Waals surface area (Å²) in [5.74, 6) is 1.40. The molecule has 0 spiro atoms. The number of benzene rings is 1. The molecule has 0 N–H and O–H groups in total. The van der Waals surface area contributed by atoms with Crippen LogP contribution in [0.4, 0.5) is 0 Å². The third-order valence-corrected chi connectivity index (χ3v) is 5.28. The van der Waals surface area contributed by atoms with E-state index in [4.69, 9.17) is 12.2 Å². The van der Waals surface area contributed by atoms with Crippen molar-refractivity contribution in [3.05, 3.63) is 40.4 Å². The fourth-order valence-electron chi connectivity index (χ4n) is 2.51. The molecule has 0 radical (unpaired) electrons. The average Bonchev–Trinajstić information content (AvgIpc) is 3.03. The minimum Gasteiger partial charge on any atom is -0.358 e. The van der Waals surface area contributed by atoms with Crippen molar-refractivity contribution in [3.63, 3.8) is 0 Å². The zero-order chi connectivity index (χ0) is 14.8. The van der Waals surface area contributed by atoms with E-state index in [0.29, 0.717) is 11.1 Å². The van der Waals surface area contributed by atoms with E-state index in [1.807, 2.05) is 24.3 Å². The first-order valence-corrected chi connectivity index (χ1v) is 8.42. The van der Waals surface area contributed by atoms with Crippen molar-refractivity contribution in [2.45, 2.75) is 18.6 Å². The molecule has 0 amide bonds. The van der Waals surface area contributed by atoms with Crippen LogP contribution in [0.25, 0.3) is 10.9 Å². The first-order chi connectivity index (χ1) is 10.2. The standard InChI is InChI=1S/C15H17N3OS2/c1-17-13(10-21-15(20)18-8-4-5-9-18)16-12-7-3-2-6-11(12)14(17)19/h2-3,6-7H,4-5,8-10H2,1H3. The molecule has 21 heavy (non-hydrogen) atoms. The molecule has 0 bridgehead atoms. The first-order valence-electron chi connectivity index (χ1n) is 7.03. The molecule has 0 aliphatic carbocycles. The van der Waals surface area contributed by atoms with E-state index in [2.05, 4.69) is 9.88 Å². The second kappa shape index (κ2) is 6.15. The van der Waals surface area contributed by atoms with E-state index < -0.39 is 0 Å². The number of thioether (sulfide) groups is 1. The van der Waals surface area contributed by atoms with E-state index in [1.54, 1.807) is 23.4 Å². The van der Waals surface area contributed by atoms with Crippen LogP contribution < -0.4 is 5.56 Å². The molecule has 1 aliphatic heterocycles. The van der Waals surface area contributed by atoms with Crippen LogP contribution in [0, 0.1) is 0 Å². The average molecular weight is 319 g/mol. The van der Waals surface area contributed by atoms with Gasteiger partial charge in [0.05, 0.1) is 16.7 Å². The third-order valence-electron chi connectivity index (χ3n) is 3.76. The highest BCUT2D eigenvalue weighted by molar-refractivity contribution is 8.22. The smallest absolute Gasteiger partial charge is 0.261 e. The summed E-state index contributed by atoms with van der Waals surface area (Å²) in [6.45, 7) is 2.10. The number of para-hydroxylation sites is 1. The number of rotatable bonds is 2. The maximum atomic E-state index is 12.3. The van der Waals surface area contributed by atoms with E-state index >= 15 is 0 Å². The van der Waals surface area contributed by atoms with Gasteiger partial charge in [0.1, 0.15) is 10.1 Å². The summed E-state index contributed by atoms with van der Waals surface area (Å²) in [6.07, 6.45) is 2.43. The topological polar surface area (TPSA) is 38.1 Å². The van der Waals surface area contributed by atoms with Crippen molar-refractivity contribution in [3.8, 4) is 0 Å². The Labute approximate surface area is 133 Å². The quantitative estimate of drug-likeness (QED) is 0.795. The fraction of sp³-hybridized carbons (Fsp3) is 0.400. The summed E-state index contributed by atoms with van der Waals surface area (Å²) in [6, 6.07) is 7.46. The highest BCUT2D eigenvalue weighted by Gasteiger charge is 2.16. The summed E-state index contributed by atoms with van der Waals surface area (Å²) in [4.78, 5) is 19.2. The molecule has 0 unspecified atom stereocenters. The molecule has 1 aromatic heterocycles. The van der Waals surface area contributed by atoms with Crippen molar-refractivity contribution < 1.29 is 0 Å². The molecule has 0 saturated carbocycles. The van der Waals surface area contributed by atoms with Crippen LogP contribution in [0.2, 0.25) is 0 Å². The van der Waals surface area contributed by atoms with Gasteiger partial charge in [0.15, 0.2) is 0 Å². The predicted molar refractivity (Wildman–Crippen MR) is 91.7 cm³/mol. The molecule has 3 rings (SSSR count). The van der Waals surface area contributed by atoms with Gasteiger partial charge in [-0.3, -0.25) is 9.36 Å². The van der Waals surface area contributed by atoms with Crippen LogP contribution in [0.5, 0.6) is 0 Å². The number of thiocarbonyl (C=S) groups is 1. The second-order valence-electron chi connectivity index (χ2n) is 5.16. The summed E-state index contributed by atoms with van der Waals surface area (Å²) >= 11 is 7.05. The van der Waals surface area contributed by atoms with E-state index in [0.717, 1.165) is 28.8 Å². The molecular formula is C15H17N3OS2. The molecule has 2 aromatic rings. The SMILES string of the molecule is Cn1c(CSC(=S)N2CCCC2)nc2ccccc2c1=O. The highest BCUT2D eigenvalue weighted by Crippen LogP contribution is 2.19. The third kappa shape index (κ3) is 2.96. The number of hydrogen-bond donors (Lipinski definition) is 0. The molecule has 1 saturated heterocycles. The number of nitrogens with zero attached hydrogens (tertiary/aromatic N) is 3. The van der Waals surface area contributed by atoms with E-state index in [1.165, 1.54) is 12.8 Å². The number of likely N-dealkylation sites (tertiary alicyclic amines) is 1. The minimum absolute atomic E-state index is 0.00305. The lowest BCUT2D eigenvalue weighted by Crippen LogP contribution is -2.25. The first kappa shape index (κ1) is 14.5. The van der Waals surface area contributed by atoms with Gasteiger partial charge in [-0.15, -0.1) is 0 Å². The van der Waals surface area contributed by atoms with Gasteiger partial charge in [0.2, 0.25) is 0 Å². The van der Waals surface area contributed by atoms with Crippen LogP contribution in [-0.4, -0.2) is 31.9 Å². The number of aromatic nitrogens is 2. The lowest BCUT2D eigenvalue weighted by molar-refractivity contribution is 0.539. The Morgan fingerprint density at radius 2 is 2.05 bits per heavy atom. The number of fused-ring (bicyclic) bond motifs is 1. The van der Waals surface area contributed by atoms with Gasteiger partial charge in [0.25, 0.3) is 5.56 Å². The highest BCUT2D eigenvalue weighted by atomic mass is 32.2. The van der Waals surface area contributed by atoms with Gasteiger partial charge in [-0.1, -0.05) is 36.1 Å². The lowest BCUT2D eigenvalue weighted by atomic mass is 10.2. The second-order valence-corrected chi connectivity index (χ2v) is 6.77. The van der Waals surface area contributed by atoms with Crippen molar-refractivity contribution in [2.75, 3.05) is 13.1 Å². The molecule has 4 nitrogen and oxygen atoms in total. The van der Waals surface area contributed by atoms with Crippen LogP contribution in [0.3, 0.4) is 0 Å². The predicted octanol–water partition coefficient (Wildman–Crippen LogP) is 2.55. The normalized spacial score (nSPS) is 14.8. The Morgan fingerprint density at radius 1 is 1.33 bits per heavy atom. The van der Waals surface area contributed by atoms with Crippen LogP contribution in [0.1, 0.15) is 18.7 Å². The van der Waals surface area contributed by atoms with Crippen LogP contribution >= 0.6 is 24.0 Å². The molecule has 1 fully saturated rings. The molecule has 6 heteroatoms. The maximum absolute atomic E-state index is 12.3. The summed E-state index contributed by atoms with van der Waals surface area (Å²) in [5, 5.41) is 0.663. The van der Waals surface area contributed by atoms with Crippen LogP contribution in [0.15, 0.2) is 29.1 Å². The number of hydrogen-bond acceptors (Lipinski definition) is 4. The summed E-state index contributed by atoms with van der Waals surface area (Å²) < 4.78 is 2.54. The van der Waals surface area contributed by atoms with Crippen molar-refractivity contribution in [2.24, 2.45) is 7.05 Å². The van der Waals surface area contributed by atoms with Gasteiger partial charge in [-0.2, -0.15) is 0 Å². The molecule has 110 valence electrons. The maximum Gasteiger partial charge on any atom is 0.261 e. The Hall–Kier alpha value is -1.40. The molecular weight excluding hydrogens is 302 g/mol. The van der Waals surface area contributed by atoms with Crippen molar-refractivity contribution in [1.82, 2.24) is 14.5 Å². The zero-order valence-electron chi connectivity index (χ0n) is 11.9.